The maximum Gasteiger partial charge on any atom is 0.269 e. The number of hydrogen-bond acceptors (Lipinski definition) is 5. The molecule has 27 heavy (non-hydrogen) atoms. The van der Waals surface area contributed by atoms with E-state index >= 15 is 0 Å². The highest BCUT2D eigenvalue weighted by Crippen LogP contribution is 2.31. The summed E-state index contributed by atoms with van der Waals surface area (Å²) in [6, 6.07) is 11.4. The maximum atomic E-state index is 12.4. The minimum atomic E-state index is -0.424. The molecule has 0 atom stereocenters. The number of nitro groups is 1. The minimum Gasteiger partial charge on any atom is -0.482 e. The molecule has 0 saturated carbocycles. The summed E-state index contributed by atoms with van der Waals surface area (Å²) in [6.45, 7) is 2.26. The fourth-order valence-corrected chi connectivity index (χ4v) is 3.17. The number of nitro benzene ring substituents is 1. The smallest absolute Gasteiger partial charge is 0.269 e. The van der Waals surface area contributed by atoms with Crippen molar-refractivity contribution >= 4 is 40.5 Å². The van der Waals surface area contributed by atoms with Crippen LogP contribution in [0.2, 0.25) is 10.0 Å². The number of hydrogen-bond donors (Lipinski definition) is 0. The Morgan fingerprint density at radius 2 is 1.74 bits per heavy atom. The van der Waals surface area contributed by atoms with Crippen LogP contribution < -0.4 is 9.64 Å². The molecule has 0 unspecified atom stereocenters. The summed E-state index contributed by atoms with van der Waals surface area (Å²) in [6.07, 6.45) is 0. The van der Waals surface area contributed by atoms with Crippen molar-refractivity contribution in [3.63, 3.8) is 0 Å². The van der Waals surface area contributed by atoms with Gasteiger partial charge in [-0.25, -0.2) is 0 Å². The first kappa shape index (κ1) is 19.3. The summed E-state index contributed by atoms with van der Waals surface area (Å²) in [5.74, 6) is 0.247. The predicted octanol–water partition coefficient (Wildman–Crippen LogP) is 3.63. The molecule has 3 rings (SSSR count). The van der Waals surface area contributed by atoms with Gasteiger partial charge in [-0.1, -0.05) is 29.3 Å². The second-order valence-electron chi connectivity index (χ2n) is 5.98. The Kier molecular flexibility index (Phi) is 6.03. The van der Waals surface area contributed by atoms with Crippen molar-refractivity contribution in [2.75, 3.05) is 37.7 Å². The van der Waals surface area contributed by atoms with Gasteiger partial charge in [0.05, 0.1) is 9.95 Å². The first-order valence-electron chi connectivity index (χ1n) is 8.29. The zero-order valence-electron chi connectivity index (χ0n) is 14.3. The van der Waals surface area contributed by atoms with Gasteiger partial charge in [-0.05, 0) is 24.3 Å². The van der Waals surface area contributed by atoms with Crippen molar-refractivity contribution in [1.29, 1.82) is 0 Å². The van der Waals surface area contributed by atoms with Gasteiger partial charge in [-0.15, -0.1) is 0 Å². The van der Waals surface area contributed by atoms with Crippen LogP contribution in [0.5, 0.6) is 5.75 Å². The number of amides is 1. The molecule has 0 N–H and O–H groups in total. The Morgan fingerprint density at radius 3 is 2.37 bits per heavy atom. The third-order valence-corrected chi connectivity index (χ3v) is 5.13. The second-order valence-corrected chi connectivity index (χ2v) is 6.77. The third kappa shape index (κ3) is 4.61. The highest BCUT2D eigenvalue weighted by Gasteiger charge is 2.22. The van der Waals surface area contributed by atoms with Gasteiger partial charge in [-0.3, -0.25) is 14.9 Å². The van der Waals surface area contributed by atoms with E-state index in [2.05, 4.69) is 4.90 Å². The number of anilines is 1. The summed E-state index contributed by atoms with van der Waals surface area (Å²) in [7, 11) is 0. The molecule has 1 aliphatic rings. The molecule has 0 radical (unpaired) electrons. The SMILES string of the molecule is O=C(COc1cccc(Cl)c1Cl)N1CCN(c2ccc([N+](=O)[O-])cc2)CC1. The molecule has 142 valence electrons. The van der Waals surface area contributed by atoms with E-state index in [1.54, 1.807) is 35.2 Å². The molecule has 0 spiro atoms. The maximum absolute atomic E-state index is 12.4. The van der Waals surface area contributed by atoms with E-state index < -0.39 is 4.92 Å². The van der Waals surface area contributed by atoms with Crippen LogP contribution in [0.1, 0.15) is 0 Å². The molecular weight excluding hydrogens is 393 g/mol. The topological polar surface area (TPSA) is 75.9 Å². The number of ether oxygens (including phenoxy) is 1. The normalized spacial score (nSPS) is 14.1. The number of halogens is 2. The van der Waals surface area contributed by atoms with E-state index in [1.807, 2.05) is 0 Å². The summed E-state index contributed by atoms with van der Waals surface area (Å²) in [5, 5.41) is 11.4. The van der Waals surface area contributed by atoms with Crippen LogP contribution >= 0.6 is 23.2 Å². The van der Waals surface area contributed by atoms with Crippen molar-refractivity contribution in [2.24, 2.45) is 0 Å². The Balaban J connectivity index is 1.51. The third-order valence-electron chi connectivity index (χ3n) is 4.33. The zero-order valence-corrected chi connectivity index (χ0v) is 15.8. The lowest BCUT2D eigenvalue weighted by atomic mass is 10.2. The summed E-state index contributed by atoms with van der Waals surface area (Å²) in [4.78, 5) is 26.5. The average Bonchev–Trinajstić information content (AvgIpc) is 2.69. The molecule has 1 fully saturated rings. The van der Waals surface area contributed by atoms with Crippen LogP contribution in [0.4, 0.5) is 11.4 Å². The zero-order chi connectivity index (χ0) is 19.4. The van der Waals surface area contributed by atoms with Crippen LogP contribution in [0.3, 0.4) is 0 Å². The fraction of sp³-hybridized carbons (Fsp3) is 0.278. The number of non-ortho nitro benzene ring substituents is 1. The van der Waals surface area contributed by atoms with Crippen molar-refractivity contribution < 1.29 is 14.5 Å². The van der Waals surface area contributed by atoms with Gasteiger partial charge < -0.3 is 14.5 Å². The lowest BCUT2D eigenvalue weighted by Gasteiger charge is -2.36. The van der Waals surface area contributed by atoms with Gasteiger partial charge in [0.25, 0.3) is 11.6 Å². The van der Waals surface area contributed by atoms with Gasteiger partial charge in [0, 0.05) is 44.0 Å². The molecule has 2 aromatic rings. The van der Waals surface area contributed by atoms with Gasteiger partial charge in [0.1, 0.15) is 10.8 Å². The highest BCUT2D eigenvalue weighted by atomic mass is 35.5. The van der Waals surface area contributed by atoms with E-state index in [-0.39, 0.29) is 23.2 Å². The second kappa shape index (κ2) is 8.45. The number of carbonyl (C=O) groups is 1. The molecule has 7 nitrogen and oxygen atoms in total. The molecule has 1 heterocycles. The molecule has 2 aromatic carbocycles. The number of benzene rings is 2. The molecule has 9 heteroatoms. The van der Waals surface area contributed by atoms with E-state index in [1.165, 1.54) is 12.1 Å². The average molecular weight is 410 g/mol. The van der Waals surface area contributed by atoms with Gasteiger partial charge >= 0.3 is 0 Å². The van der Waals surface area contributed by atoms with Crippen LogP contribution in [0, 0.1) is 10.1 Å². The number of carbonyl (C=O) groups excluding carboxylic acids is 1. The fourth-order valence-electron chi connectivity index (χ4n) is 2.83. The van der Waals surface area contributed by atoms with Crippen LogP contribution in [0.25, 0.3) is 0 Å². The Labute approximate surface area is 166 Å². The van der Waals surface area contributed by atoms with E-state index in [0.717, 1.165) is 5.69 Å². The van der Waals surface area contributed by atoms with Crippen molar-refractivity contribution in [3.8, 4) is 5.75 Å². The lowest BCUT2D eigenvalue weighted by Crippen LogP contribution is -2.50. The number of rotatable bonds is 5. The predicted molar refractivity (Wildman–Crippen MR) is 104 cm³/mol. The van der Waals surface area contributed by atoms with Gasteiger partial charge in [0.15, 0.2) is 6.61 Å². The highest BCUT2D eigenvalue weighted by molar-refractivity contribution is 6.42. The number of piperazine rings is 1. The number of nitrogens with zero attached hydrogens (tertiary/aromatic N) is 3. The van der Waals surface area contributed by atoms with Crippen molar-refractivity contribution in [2.45, 2.75) is 0 Å². The van der Waals surface area contributed by atoms with Crippen LogP contribution in [-0.2, 0) is 4.79 Å². The quantitative estimate of drug-likeness (QED) is 0.556. The van der Waals surface area contributed by atoms with Crippen molar-refractivity contribution in [1.82, 2.24) is 4.90 Å². The van der Waals surface area contributed by atoms with E-state index in [0.29, 0.717) is 37.0 Å². The first-order valence-corrected chi connectivity index (χ1v) is 9.05. The largest absolute Gasteiger partial charge is 0.482 e. The molecular formula is C18H17Cl2N3O4. The van der Waals surface area contributed by atoms with Crippen LogP contribution in [0.15, 0.2) is 42.5 Å². The van der Waals surface area contributed by atoms with Crippen molar-refractivity contribution in [3.05, 3.63) is 62.6 Å². The monoisotopic (exact) mass is 409 g/mol. The van der Waals surface area contributed by atoms with E-state index in [4.69, 9.17) is 27.9 Å². The lowest BCUT2D eigenvalue weighted by molar-refractivity contribution is -0.384. The summed E-state index contributed by atoms with van der Waals surface area (Å²) < 4.78 is 5.49. The first-order chi connectivity index (χ1) is 13.0. The van der Waals surface area contributed by atoms with E-state index in [9.17, 15) is 14.9 Å². The van der Waals surface area contributed by atoms with Gasteiger partial charge in [-0.2, -0.15) is 0 Å². The van der Waals surface area contributed by atoms with Crippen LogP contribution in [-0.4, -0.2) is 48.5 Å². The molecule has 0 bridgehead atoms. The van der Waals surface area contributed by atoms with Gasteiger partial charge in [0.2, 0.25) is 0 Å². The Bertz CT molecular complexity index is 837. The summed E-state index contributed by atoms with van der Waals surface area (Å²) in [5.41, 5.74) is 0.957. The minimum absolute atomic E-state index is 0.0596. The molecule has 1 saturated heterocycles. The standard InChI is InChI=1S/C18H17Cl2N3O4/c19-15-2-1-3-16(18(15)20)27-12-17(24)22-10-8-21(9-11-22)13-4-6-14(7-5-13)23(25)26/h1-7H,8-12H2. The molecule has 1 amide bonds. The molecule has 1 aliphatic heterocycles. The molecule has 0 aliphatic carbocycles. The summed E-state index contributed by atoms with van der Waals surface area (Å²) >= 11 is 12.0. The molecule has 0 aromatic heterocycles. The Hall–Kier alpha value is -2.51. The Morgan fingerprint density at radius 1 is 1.07 bits per heavy atom.